The van der Waals surface area contributed by atoms with Crippen molar-refractivity contribution >= 4 is 27.8 Å². The van der Waals surface area contributed by atoms with Crippen LogP contribution < -0.4 is 4.72 Å². The van der Waals surface area contributed by atoms with E-state index in [0.29, 0.717) is 11.3 Å². The zero-order valence-corrected chi connectivity index (χ0v) is 13.1. The summed E-state index contributed by atoms with van der Waals surface area (Å²) in [5.41, 5.74) is 0.576. The quantitative estimate of drug-likeness (QED) is 0.763. The Morgan fingerprint density at radius 1 is 1.35 bits per heavy atom. The molecule has 2 N–H and O–H groups in total. The fourth-order valence-corrected chi connectivity index (χ4v) is 3.83. The molecule has 0 spiro atoms. The summed E-state index contributed by atoms with van der Waals surface area (Å²) in [7, 11) is -3.55. The molecule has 0 aromatic heterocycles. The Hall–Kier alpha value is -1.05. The van der Waals surface area contributed by atoms with Crippen LogP contribution in [0.3, 0.4) is 0 Å². The summed E-state index contributed by atoms with van der Waals surface area (Å²) in [5, 5.41) is 8.67. The van der Waals surface area contributed by atoms with Crippen LogP contribution in [-0.4, -0.2) is 37.5 Å². The SMILES string of the molecule is CCC(CSC)NS(=O)(=O)c1ccc(CC(=O)O)cc1. The highest BCUT2D eigenvalue weighted by Crippen LogP contribution is 2.13. The van der Waals surface area contributed by atoms with Gasteiger partial charge in [-0.15, -0.1) is 0 Å². The summed E-state index contributed by atoms with van der Waals surface area (Å²) in [5.74, 6) is -0.225. The molecule has 1 aromatic carbocycles. The normalized spacial score (nSPS) is 13.1. The number of rotatable bonds is 8. The molecule has 0 saturated carbocycles. The second-order valence-electron chi connectivity index (χ2n) is 4.40. The first kappa shape index (κ1) is 17.0. The minimum absolute atomic E-state index is 0.103. The molecule has 0 saturated heterocycles. The average molecular weight is 317 g/mol. The van der Waals surface area contributed by atoms with Gasteiger partial charge in [-0.05, 0) is 30.4 Å². The largest absolute Gasteiger partial charge is 0.481 e. The van der Waals surface area contributed by atoms with Gasteiger partial charge in [0.05, 0.1) is 11.3 Å². The van der Waals surface area contributed by atoms with E-state index < -0.39 is 16.0 Å². The van der Waals surface area contributed by atoms with Gasteiger partial charge in [0.1, 0.15) is 0 Å². The van der Waals surface area contributed by atoms with E-state index in [1.54, 1.807) is 11.8 Å². The molecule has 0 aliphatic carbocycles. The van der Waals surface area contributed by atoms with Crippen molar-refractivity contribution in [2.24, 2.45) is 0 Å². The summed E-state index contributed by atoms with van der Waals surface area (Å²) >= 11 is 1.59. The van der Waals surface area contributed by atoms with Crippen molar-refractivity contribution in [1.29, 1.82) is 0 Å². The minimum atomic E-state index is -3.55. The highest BCUT2D eigenvalue weighted by molar-refractivity contribution is 7.98. The molecule has 1 unspecified atom stereocenters. The van der Waals surface area contributed by atoms with Crippen LogP contribution in [0.1, 0.15) is 18.9 Å². The van der Waals surface area contributed by atoms with Gasteiger partial charge in [-0.2, -0.15) is 11.8 Å². The monoisotopic (exact) mass is 317 g/mol. The Bertz CT molecular complexity index is 540. The molecule has 1 aromatic rings. The van der Waals surface area contributed by atoms with Gasteiger partial charge in [0, 0.05) is 11.8 Å². The predicted octanol–water partition coefficient (Wildman–Crippen LogP) is 1.73. The number of benzene rings is 1. The molecular formula is C13H19NO4S2. The van der Waals surface area contributed by atoms with Crippen molar-refractivity contribution in [1.82, 2.24) is 4.72 Å². The maximum atomic E-state index is 12.2. The molecular weight excluding hydrogens is 298 g/mol. The van der Waals surface area contributed by atoms with Crippen LogP contribution in [0.2, 0.25) is 0 Å². The van der Waals surface area contributed by atoms with E-state index in [-0.39, 0.29) is 17.4 Å². The lowest BCUT2D eigenvalue weighted by Gasteiger charge is -2.16. The number of nitrogens with one attached hydrogen (secondary N) is 1. The summed E-state index contributed by atoms with van der Waals surface area (Å²) < 4.78 is 27.0. The van der Waals surface area contributed by atoms with Crippen LogP contribution >= 0.6 is 11.8 Å². The number of hydrogen-bond acceptors (Lipinski definition) is 4. The lowest BCUT2D eigenvalue weighted by atomic mass is 10.2. The molecule has 1 rings (SSSR count). The first-order valence-corrected chi connectivity index (χ1v) is 9.08. The van der Waals surface area contributed by atoms with Crippen molar-refractivity contribution in [3.63, 3.8) is 0 Å². The summed E-state index contributed by atoms with van der Waals surface area (Å²) in [6, 6.07) is 5.82. The van der Waals surface area contributed by atoms with Crippen LogP contribution in [0.4, 0.5) is 0 Å². The Morgan fingerprint density at radius 3 is 2.40 bits per heavy atom. The van der Waals surface area contributed by atoms with Gasteiger partial charge >= 0.3 is 5.97 Å². The molecule has 0 aliphatic rings. The second kappa shape index (κ2) is 7.66. The summed E-state index contributed by atoms with van der Waals surface area (Å²) in [4.78, 5) is 10.7. The highest BCUT2D eigenvalue weighted by atomic mass is 32.2. The topological polar surface area (TPSA) is 83.5 Å². The van der Waals surface area contributed by atoms with Gasteiger partial charge in [-0.1, -0.05) is 19.1 Å². The van der Waals surface area contributed by atoms with Gasteiger partial charge in [-0.25, -0.2) is 13.1 Å². The Balaban J connectivity index is 2.84. The zero-order chi connectivity index (χ0) is 15.2. The molecule has 0 radical (unpaired) electrons. The third-order valence-electron chi connectivity index (χ3n) is 2.77. The van der Waals surface area contributed by atoms with Gasteiger partial charge in [-0.3, -0.25) is 4.79 Å². The Kier molecular flexibility index (Phi) is 6.51. The summed E-state index contributed by atoms with van der Waals surface area (Å²) in [6.45, 7) is 1.93. The second-order valence-corrected chi connectivity index (χ2v) is 7.02. The summed E-state index contributed by atoms with van der Waals surface area (Å²) in [6.07, 6.45) is 2.53. The molecule has 0 aliphatic heterocycles. The maximum absolute atomic E-state index is 12.2. The van der Waals surface area contributed by atoms with Crippen LogP contribution in [0.15, 0.2) is 29.2 Å². The lowest BCUT2D eigenvalue weighted by molar-refractivity contribution is -0.136. The lowest BCUT2D eigenvalue weighted by Crippen LogP contribution is -2.36. The molecule has 20 heavy (non-hydrogen) atoms. The van der Waals surface area contributed by atoms with E-state index in [1.165, 1.54) is 24.3 Å². The van der Waals surface area contributed by atoms with Gasteiger partial charge in [0.25, 0.3) is 0 Å². The van der Waals surface area contributed by atoms with Crippen LogP contribution in [0, 0.1) is 0 Å². The van der Waals surface area contributed by atoms with Crippen molar-refractivity contribution in [2.45, 2.75) is 30.7 Å². The van der Waals surface area contributed by atoms with Crippen molar-refractivity contribution in [3.05, 3.63) is 29.8 Å². The molecule has 112 valence electrons. The Morgan fingerprint density at radius 2 is 1.95 bits per heavy atom. The molecule has 1 atom stereocenters. The fraction of sp³-hybridized carbons (Fsp3) is 0.462. The van der Waals surface area contributed by atoms with Crippen LogP contribution in [0.5, 0.6) is 0 Å². The Labute approximate surface area is 123 Å². The van der Waals surface area contributed by atoms with E-state index in [2.05, 4.69) is 4.72 Å². The molecule has 7 heteroatoms. The van der Waals surface area contributed by atoms with Crippen LogP contribution in [0.25, 0.3) is 0 Å². The number of aliphatic carboxylic acids is 1. The third-order valence-corrected chi connectivity index (χ3v) is 5.04. The van der Waals surface area contributed by atoms with Gasteiger partial charge in [0.2, 0.25) is 10.0 Å². The maximum Gasteiger partial charge on any atom is 0.307 e. The van der Waals surface area contributed by atoms with Gasteiger partial charge < -0.3 is 5.11 Å². The van der Waals surface area contributed by atoms with Crippen molar-refractivity contribution in [3.8, 4) is 0 Å². The highest BCUT2D eigenvalue weighted by Gasteiger charge is 2.18. The minimum Gasteiger partial charge on any atom is -0.481 e. The number of carboxylic acids is 1. The first-order valence-electron chi connectivity index (χ1n) is 6.21. The molecule has 5 nitrogen and oxygen atoms in total. The third kappa shape index (κ3) is 5.15. The van der Waals surface area contributed by atoms with Crippen molar-refractivity contribution < 1.29 is 18.3 Å². The van der Waals surface area contributed by atoms with Gasteiger partial charge in [0.15, 0.2) is 0 Å². The number of carbonyl (C=O) groups is 1. The van der Waals surface area contributed by atoms with E-state index in [1.807, 2.05) is 13.2 Å². The first-order chi connectivity index (χ1) is 9.39. The van der Waals surface area contributed by atoms with E-state index in [0.717, 1.165) is 6.42 Å². The number of sulfonamides is 1. The number of carboxylic acid groups (broad SMARTS) is 1. The molecule has 0 bridgehead atoms. The molecule has 0 heterocycles. The number of thioether (sulfide) groups is 1. The van der Waals surface area contributed by atoms with Crippen molar-refractivity contribution in [2.75, 3.05) is 12.0 Å². The predicted molar refractivity (Wildman–Crippen MR) is 80.6 cm³/mol. The fourth-order valence-electron chi connectivity index (χ4n) is 1.68. The average Bonchev–Trinajstić information content (AvgIpc) is 2.38. The molecule has 0 amide bonds. The standard InChI is InChI=1S/C13H19NO4S2/c1-3-11(9-19-2)14-20(17,18)12-6-4-10(5-7-12)8-13(15)16/h4-7,11,14H,3,8-9H2,1-2H3,(H,15,16). The van der Waals surface area contributed by atoms with E-state index in [9.17, 15) is 13.2 Å². The zero-order valence-electron chi connectivity index (χ0n) is 11.5. The van der Waals surface area contributed by atoms with E-state index >= 15 is 0 Å². The van der Waals surface area contributed by atoms with E-state index in [4.69, 9.17) is 5.11 Å². The molecule has 0 fully saturated rings. The number of hydrogen-bond donors (Lipinski definition) is 2. The smallest absolute Gasteiger partial charge is 0.307 e. The van der Waals surface area contributed by atoms with Crippen LogP contribution in [-0.2, 0) is 21.2 Å².